The Bertz CT molecular complexity index is 584. The van der Waals surface area contributed by atoms with E-state index >= 15 is 0 Å². The van der Waals surface area contributed by atoms with E-state index in [2.05, 4.69) is 74.8 Å². The van der Waals surface area contributed by atoms with Crippen LogP contribution in [0.5, 0.6) is 0 Å². The molecule has 3 heteroatoms. The monoisotopic (exact) mass is 357 g/mol. The van der Waals surface area contributed by atoms with Crippen LogP contribution in [0.15, 0.2) is 41.9 Å². The maximum Gasteiger partial charge on any atom is 0.0852 e. The molecule has 0 spiro atoms. The molecule has 0 aromatic carbocycles. The van der Waals surface area contributed by atoms with Gasteiger partial charge >= 0.3 is 0 Å². The van der Waals surface area contributed by atoms with Crippen molar-refractivity contribution >= 4 is 0 Å². The fourth-order valence-electron chi connectivity index (χ4n) is 4.84. The van der Waals surface area contributed by atoms with Crippen molar-refractivity contribution in [3.05, 3.63) is 41.9 Å². The summed E-state index contributed by atoms with van der Waals surface area (Å²) in [5.74, 6) is 0.403. The summed E-state index contributed by atoms with van der Waals surface area (Å²) in [4.78, 5) is 5.03. The third-order valence-corrected chi connectivity index (χ3v) is 6.49. The van der Waals surface area contributed by atoms with Gasteiger partial charge in [-0.1, -0.05) is 39.8 Å². The fourth-order valence-corrected chi connectivity index (χ4v) is 4.84. The first-order chi connectivity index (χ1) is 12.4. The Hall–Kier alpha value is -1.44. The number of nitrogens with zero attached hydrogens (tertiary/aromatic N) is 2. The lowest BCUT2D eigenvalue weighted by molar-refractivity contribution is 0.207. The molecule has 3 nitrogen and oxygen atoms in total. The molecule has 1 unspecified atom stereocenters. The van der Waals surface area contributed by atoms with Crippen molar-refractivity contribution in [2.45, 2.75) is 59.4 Å². The second-order valence-corrected chi connectivity index (χ2v) is 8.25. The van der Waals surface area contributed by atoms with E-state index in [1.807, 2.05) is 0 Å². The van der Waals surface area contributed by atoms with Gasteiger partial charge in [-0.25, -0.2) is 0 Å². The predicted molar refractivity (Wildman–Crippen MR) is 113 cm³/mol. The molecule has 0 aromatic heterocycles. The zero-order chi connectivity index (χ0) is 19.3. The average Bonchev–Trinajstić information content (AvgIpc) is 3.06. The van der Waals surface area contributed by atoms with Crippen molar-refractivity contribution in [3.63, 3.8) is 0 Å². The minimum absolute atomic E-state index is 0.0528. The largest absolute Gasteiger partial charge is 0.388 e. The molecule has 2 rings (SSSR count). The summed E-state index contributed by atoms with van der Waals surface area (Å²) >= 11 is 0. The standard InChI is InChI=1S/C23H39N3/c1-8-14-23(6,18(5)9-2)22-20(24-11-4)13-16-26(21(22)10-3)19-12-15-25(7)17-19/h9,18-19,24H,2-3,8,11-17H2,1,4-7H3/t18-,19?,23+/m0/s1. The van der Waals surface area contributed by atoms with E-state index in [1.165, 1.54) is 29.9 Å². The molecular weight excluding hydrogens is 318 g/mol. The first-order valence-corrected chi connectivity index (χ1v) is 10.4. The molecule has 0 radical (unpaired) electrons. The first-order valence-electron chi connectivity index (χ1n) is 10.4. The molecule has 1 saturated heterocycles. The van der Waals surface area contributed by atoms with Gasteiger partial charge in [0.25, 0.3) is 0 Å². The van der Waals surface area contributed by atoms with E-state index in [1.54, 1.807) is 0 Å². The highest BCUT2D eigenvalue weighted by atomic mass is 15.3. The lowest BCUT2D eigenvalue weighted by atomic mass is 9.66. The molecule has 2 aliphatic rings. The molecule has 2 heterocycles. The van der Waals surface area contributed by atoms with E-state index in [0.717, 1.165) is 38.9 Å². The van der Waals surface area contributed by atoms with Crippen LogP contribution in [0.4, 0.5) is 0 Å². The summed E-state index contributed by atoms with van der Waals surface area (Å²) in [7, 11) is 2.23. The third kappa shape index (κ3) is 3.94. The molecule has 1 fully saturated rings. The molecule has 0 aliphatic carbocycles. The van der Waals surface area contributed by atoms with Crippen LogP contribution in [0.3, 0.4) is 0 Å². The summed E-state index contributed by atoms with van der Waals surface area (Å²) in [6.07, 6.45) is 6.74. The average molecular weight is 358 g/mol. The highest BCUT2D eigenvalue weighted by Gasteiger charge is 2.42. The van der Waals surface area contributed by atoms with Crippen molar-refractivity contribution in [2.75, 3.05) is 33.2 Å². The molecule has 26 heavy (non-hydrogen) atoms. The van der Waals surface area contributed by atoms with Gasteiger partial charge in [0.15, 0.2) is 0 Å². The van der Waals surface area contributed by atoms with Gasteiger partial charge in [-0.2, -0.15) is 0 Å². The molecule has 3 atom stereocenters. The van der Waals surface area contributed by atoms with Gasteiger partial charge < -0.3 is 15.1 Å². The summed E-state index contributed by atoms with van der Waals surface area (Å²) in [6, 6.07) is 0.576. The summed E-state index contributed by atoms with van der Waals surface area (Å²) in [6.45, 7) is 21.8. The molecular formula is C23H39N3. The molecule has 1 N–H and O–H groups in total. The van der Waals surface area contributed by atoms with Crippen molar-refractivity contribution in [2.24, 2.45) is 11.3 Å². The van der Waals surface area contributed by atoms with Crippen LogP contribution in [-0.2, 0) is 0 Å². The molecule has 146 valence electrons. The van der Waals surface area contributed by atoms with Crippen molar-refractivity contribution in [1.29, 1.82) is 0 Å². The molecule has 0 bridgehead atoms. The lowest BCUT2D eigenvalue weighted by Gasteiger charge is -2.46. The Kier molecular flexibility index (Phi) is 7.20. The Labute approximate surface area is 161 Å². The summed E-state index contributed by atoms with van der Waals surface area (Å²) in [5, 5.41) is 3.68. The summed E-state index contributed by atoms with van der Waals surface area (Å²) < 4.78 is 0. The minimum Gasteiger partial charge on any atom is -0.388 e. The molecule has 2 aliphatic heterocycles. The number of nitrogens with one attached hydrogen (secondary N) is 1. The lowest BCUT2D eigenvalue weighted by Crippen LogP contribution is -2.45. The van der Waals surface area contributed by atoms with Gasteiger partial charge in [0.05, 0.1) is 5.70 Å². The van der Waals surface area contributed by atoms with Gasteiger partial charge in [0.2, 0.25) is 0 Å². The maximum atomic E-state index is 4.12. The third-order valence-electron chi connectivity index (χ3n) is 6.49. The van der Waals surface area contributed by atoms with E-state index in [-0.39, 0.29) is 5.41 Å². The van der Waals surface area contributed by atoms with E-state index in [0.29, 0.717) is 12.0 Å². The number of hydrogen-bond acceptors (Lipinski definition) is 3. The topological polar surface area (TPSA) is 18.5 Å². The Balaban J connectivity index is 2.53. The smallest absolute Gasteiger partial charge is 0.0852 e. The number of likely N-dealkylation sites (N-methyl/N-ethyl adjacent to an activating group) is 1. The Morgan fingerprint density at radius 1 is 1.38 bits per heavy atom. The minimum atomic E-state index is 0.0528. The van der Waals surface area contributed by atoms with Crippen LogP contribution in [0.2, 0.25) is 0 Å². The van der Waals surface area contributed by atoms with Crippen LogP contribution < -0.4 is 5.32 Å². The SMILES string of the molecule is C=C=C1C([C@](C)(CCC)[C@@H](C)C=C)=C(NCC)CCN1C1CCN(C)C1. The molecule has 0 amide bonds. The van der Waals surface area contributed by atoms with E-state index in [9.17, 15) is 0 Å². The van der Waals surface area contributed by atoms with Crippen molar-refractivity contribution in [1.82, 2.24) is 15.1 Å². The van der Waals surface area contributed by atoms with Crippen LogP contribution >= 0.6 is 0 Å². The number of hydrogen-bond donors (Lipinski definition) is 1. The van der Waals surface area contributed by atoms with Crippen molar-refractivity contribution in [3.8, 4) is 0 Å². The first kappa shape index (κ1) is 20.9. The van der Waals surface area contributed by atoms with Crippen LogP contribution in [0.25, 0.3) is 0 Å². The fraction of sp³-hybridized carbons (Fsp3) is 0.696. The number of likely N-dealkylation sites (tertiary alicyclic amines) is 1. The Morgan fingerprint density at radius 2 is 2.12 bits per heavy atom. The van der Waals surface area contributed by atoms with Crippen LogP contribution in [-0.4, -0.2) is 49.1 Å². The highest BCUT2D eigenvalue weighted by Crippen LogP contribution is 2.48. The van der Waals surface area contributed by atoms with E-state index in [4.69, 9.17) is 0 Å². The molecule has 0 saturated carbocycles. The number of allylic oxidation sites excluding steroid dienone is 2. The zero-order valence-corrected chi connectivity index (χ0v) is 17.7. The molecule has 0 aromatic rings. The predicted octanol–water partition coefficient (Wildman–Crippen LogP) is 4.56. The van der Waals surface area contributed by atoms with Crippen LogP contribution in [0.1, 0.15) is 53.4 Å². The van der Waals surface area contributed by atoms with Gasteiger partial charge in [-0.3, -0.25) is 0 Å². The maximum absolute atomic E-state index is 4.12. The summed E-state index contributed by atoms with van der Waals surface area (Å²) in [5.41, 5.74) is 7.48. The van der Waals surface area contributed by atoms with Crippen molar-refractivity contribution < 1.29 is 0 Å². The normalized spacial score (nSPS) is 25.0. The zero-order valence-electron chi connectivity index (χ0n) is 17.7. The quantitative estimate of drug-likeness (QED) is 0.507. The van der Waals surface area contributed by atoms with Gasteiger partial charge in [0, 0.05) is 48.8 Å². The Morgan fingerprint density at radius 3 is 2.62 bits per heavy atom. The van der Waals surface area contributed by atoms with Crippen LogP contribution in [0, 0.1) is 11.3 Å². The second-order valence-electron chi connectivity index (χ2n) is 8.25. The second kappa shape index (κ2) is 8.97. The highest BCUT2D eigenvalue weighted by molar-refractivity contribution is 5.42. The number of rotatable bonds is 8. The van der Waals surface area contributed by atoms with Gasteiger partial charge in [0.1, 0.15) is 0 Å². The van der Waals surface area contributed by atoms with Gasteiger partial charge in [-0.15, -0.1) is 12.3 Å². The van der Waals surface area contributed by atoms with E-state index < -0.39 is 0 Å². The van der Waals surface area contributed by atoms with Gasteiger partial charge in [-0.05, 0) is 39.3 Å².